The molecule has 0 atom stereocenters. The molecule has 3 rings (SSSR count). The first kappa shape index (κ1) is 17.1. The number of amides is 1. The van der Waals surface area contributed by atoms with Crippen molar-refractivity contribution in [2.45, 2.75) is 13.5 Å². The van der Waals surface area contributed by atoms with Crippen LogP contribution in [0, 0.1) is 6.92 Å². The van der Waals surface area contributed by atoms with E-state index in [9.17, 15) is 4.79 Å². The topological polar surface area (TPSA) is 59.3 Å². The Morgan fingerprint density at radius 2 is 2.08 bits per heavy atom. The lowest BCUT2D eigenvalue weighted by Crippen LogP contribution is -2.18. The summed E-state index contributed by atoms with van der Waals surface area (Å²) >= 11 is 3.45. The first-order chi connectivity index (χ1) is 12.1. The number of hydrogen-bond acceptors (Lipinski definition) is 3. The highest BCUT2D eigenvalue weighted by molar-refractivity contribution is 9.10. The van der Waals surface area contributed by atoms with Gasteiger partial charge in [-0.05, 0) is 41.8 Å². The number of aryl methyl sites for hydroxylation is 1. The molecule has 1 heterocycles. The summed E-state index contributed by atoms with van der Waals surface area (Å²) in [6, 6.07) is 17.5. The number of hydrogen-bond donors (Lipinski definition) is 1. The quantitative estimate of drug-likeness (QED) is 0.527. The van der Waals surface area contributed by atoms with Gasteiger partial charge in [-0.25, -0.2) is 5.43 Å². The standard InChI is InChI=1S/C19H17BrN4O/c1-14-5-2-3-7-16(14)12-21-22-19(25)18-9-10-24(23-18)13-15-6-4-8-17(20)11-15/h2-12H,13H2,1H3,(H,22,25)/b21-12-. The van der Waals surface area contributed by atoms with Crippen molar-refractivity contribution in [3.05, 3.63) is 87.7 Å². The third-order valence-electron chi connectivity index (χ3n) is 3.67. The Labute approximate surface area is 154 Å². The minimum absolute atomic E-state index is 0.330. The van der Waals surface area contributed by atoms with Crippen LogP contribution in [0.25, 0.3) is 0 Å². The predicted octanol–water partition coefficient (Wildman–Crippen LogP) is 3.77. The van der Waals surface area contributed by atoms with Crippen LogP contribution in [-0.2, 0) is 6.54 Å². The van der Waals surface area contributed by atoms with E-state index in [1.54, 1.807) is 23.2 Å². The second-order valence-corrected chi connectivity index (χ2v) is 6.50. The van der Waals surface area contributed by atoms with Crippen molar-refractivity contribution in [3.63, 3.8) is 0 Å². The molecule has 0 radical (unpaired) electrons. The minimum Gasteiger partial charge on any atom is -0.268 e. The number of benzene rings is 2. The zero-order valence-corrected chi connectivity index (χ0v) is 15.3. The Balaban J connectivity index is 1.62. The fourth-order valence-corrected chi connectivity index (χ4v) is 2.79. The van der Waals surface area contributed by atoms with Crippen LogP contribution >= 0.6 is 15.9 Å². The van der Waals surface area contributed by atoms with Crippen LogP contribution < -0.4 is 5.43 Å². The van der Waals surface area contributed by atoms with E-state index in [2.05, 4.69) is 31.6 Å². The molecule has 1 N–H and O–H groups in total. The fourth-order valence-electron chi connectivity index (χ4n) is 2.34. The van der Waals surface area contributed by atoms with E-state index >= 15 is 0 Å². The fraction of sp³-hybridized carbons (Fsp3) is 0.105. The van der Waals surface area contributed by atoms with E-state index in [0.717, 1.165) is 21.2 Å². The molecule has 6 heteroatoms. The molecule has 0 bridgehead atoms. The lowest BCUT2D eigenvalue weighted by atomic mass is 10.1. The molecule has 5 nitrogen and oxygen atoms in total. The van der Waals surface area contributed by atoms with E-state index in [0.29, 0.717) is 12.2 Å². The molecule has 0 aliphatic carbocycles. The zero-order chi connectivity index (χ0) is 17.6. The highest BCUT2D eigenvalue weighted by Gasteiger charge is 2.08. The Kier molecular flexibility index (Phi) is 5.40. The van der Waals surface area contributed by atoms with Gasteiger partial charge in [0.25, 0.3) is 5.91 Å². The first-order valence-corrected chi connectivity index (χ1v) is 8.58. The Morgan fingerprint density at radius 3 is 2.88 bits per heavy atom. The lowest BCUT2D eigenvalue weighted by Gasteiger charge is -2.02. The van der Waals surface area contributed by atoms with Gasteiger partial charge in [-0.2, -0.15) is 10.2 Å². The zero-order valence-electron chi connectivity index (χ0n) is 13.7. The second-order valence-electron chi connectivity index (χ2n) is 5.58. The smallest absolute Gasteiger partial charge is 0.268 e. The van der Waals surface area contributed by atoms with Gasteiger partial charge >= 0.3 is 0 Å². The van der Waals surface area contributed by atoms with Gasteiger partial charge in [-0.1, -0.05) is 52.3 Å². The largest absolute Gasteiger partial charge is 0.291 e. The molecule has 2 aromatic carbocycles. The molecule has 0 spiro atoms. The van der Waals surface area contributed by atoms with Crippen LogP contribution in [0.5, 0.6) is 0 Å². The van der Waals surface area contributed by atoms with Crippen molar-refractivity contribution in [2.24, 2.45) is 5.10 Å². The number of nitrogens with one attached hydrogen (secondary N) is 1. The molecule has 0 saturated carbocycles. The summed E-state index contributed by atoms with van der Waals surface area (Å²) in [6.45, 7) is 2.59. The Morgan fingerprint density at radius 1 is 1.24 bits per heavy atom. The van der Waals surface area contributed by atoms with E-state index in [1.165, 1.54) is 0 Å². The van der Waals surface area contributed by atoms with Gasteiger partial charge in [0, 0.05) is 10.7 Å². The number of aromatic nitrogens is 2. The van der Waals surface area contributed by atoms with Gasteiger partial charge in [0.15, 0.2) is 5.69 Å². The summed E-state index contributed by atoms with van der Waals surface area (Å²) in [6.07, 6.45) is 3.41. The molecule has 1 amide bonds. The Hall–Kier alpha value is -2.73. The lowest BCUT2D eigenvalue weighted by molar-refractivity contribution is 0.0949. The molecule has 3 aromatic rings. The van der Waals surface area contributed by atoms with E-state index in [-0.39, 0.29) is 5.91 Å². The van der Waals surface area contributed by atoms with Crippen molar-refractivity contribution in [1.29, 1.82) is 0 Å². The van der Waals surface area contributed by atoms with E-state index < -0.39 is 0 Å². The third-order valence-corrected chi connectivity index (χ3v) is 4.16. The van der Waals surface area contributed by atoms with Gasteiger partial charge in [-0.3, -0.25) is 9.48 Å². The van der Waals surface area contributed by atoms with Crippen molar-refractivity contribution in [3.8, 4) is 0 Å². The maximum atomic E-state index is 12.1. The van der Waals surface area contributed by atoms with Crippen molar-refractivity contribution in [1.82, 2.24) is 15.2 Å². The van der Waals surface area contributed by atoms with Gasteiger partial charge in [0.1, 0.15) is 0 Å². The van der Waals surface area contributed by atoms with Gasteiger partial charge in [-0.15, -0.1) is 0 Å². The summed E-state index contributed by atoms with van der Waals surface area (Å²) in [7, 11) is 0. The average molecular weight is 397 g/mol. The van der Waals surface area contributed by atoms with Crippen LogP contribution in [0.15, 0.2) is 70.4 Å². The number of halogens is 1. The number of carbonyl (C=O) groups is 1. The summed E-state index contributed by atoms with van der Waals surface area (Å²) < 4.78 is 2.74. The monoisotopic (exact) mass is 396 g/mol. The van der Waals surface area contributed by atoms with E-state index in [1.807, 2.05) is 55.5 Å². The molecule has 1 aromatic heterocycles. The summed E-state index contributed by atoms with van der Waals surface area (Å²) in [4.78, 5) is 12.1. The number of nitrogens with zero attached hydrogens (tertiary/aromatic N) is 3. The maximum absolute atomic E-state index is 12.1. The first-order valence-electron chi connectivity index (χ1n) is 7.79. The number of hydrazone groups is 1. The summed E-state index contributed by atoms with van der Waals surface area (Å²) in [5.41, 5.74) is 5.99. The molecular weight excluding hydrogens is 380 g/mol. The molecule has 0 fully saturated rings. The molecule has 0 aliphatic rings. The van der Waals surface area contributed by atoms with Gasteiger partial charge < -0.3 is 0 Å². The van der Waals surface area contributed by atoms with Crippen LogP contribution in [-0.4, -0.2) is 21.9 Å². The van der Waals surface area contributed by atoms with Crippen molar-refractivity contribution < 1.29 is 4.79 Å². The summed E-state index contributed by atoms with van der Waals surface area (Å²) in [5.74, 6) is -0.335. The van der Waals surface area contributed by atoms with Crippen LogP contribution in [0.2, 0.25) is 0 Å². The highest BCUT2D eigenvalue weighted by atomic mass is 79.9. The Bertz CT molecular complexity index is 917. The molecular formula is C19H17BrN4O. The molecule has 0 aliphatic heterocycles. The third kappa shape index (κ3) is 4.64. The normalized spacial score (nSPS) is 11.0. The maximum Gasteiger partial charge on any atom is 0.291 e. The van der Waals surface area contributed by atoms with Crippen LogP contribution in [0.1, 0.15) is 27.2 Å². The molecule has 25 heavy (non-hydrogen) atoms. The number of rotatable bonds is 5. The van der Waals surface area contributed by atoms with Crippen molar-refractivity contribution in [2.75, 3.05) is 0 Å². The van der Waals surface area contributed by atoms with Crippen molar-refractivity contribution >= 4 is 28.1 Å². The van der Waals surface area contributed by atoms with Crippen LogP contribution in [0.3, 0.4) is 0 Å². The average Bonchev–Trinajstić information content (AvgIpc) is 3.05. The second kappa shape index (κ2) is 7.90. The minimum atomic E-state index is -0.335. The molecule has 0 unspecified atom stereocenters. The van der Waals surface area contributed by atoms with E-state index in [4.69, 9.17) is 0 Å². The predicted molar refractivity (Wildman–Crippen MR) is 102 cm³/mol. The van der Waals surface area contributed by atoms with Crippen LogP contribution in [0.4, 0.5) is 0 Å². The number of carbonyl (C=O) groups excluding carboxylic acids is 1. The molecule has 126 valence electrons. The molecule has 0 saturated heterocycles. The highest BCUT2D eigenvalue weighted by Crippen LogP contribution is 2.12. The SMILES string of the molecule is Cc1ccccc1/C=N\NC(=O)c1ccn(Cc2cccc(Br)c2)n1. The van der Waals surface area contributed by atoms with Gasteiger partial charge in [0.2, 0.25) is 0 Å². The summed E-state index contributed by atoms with van der Waals surface area (Å²) in [5, 5.41) is 8.30. The van der Waals surface area contributed by atoms with Gasteiger partial charge in [0.05, 0.1) is 12.8 Å².